The zero-order valence-corrected chi connectivity index (χ0v) is 10.6. The number of anilines is 1. The van der Waals surface area contributed by atoms with E-state index in [1.165, 1.54) is 24.2 Å². The number of hydrogen-bond donors (Lipinski definition) is 1. The van der Waals surface area contributed by atoms with Crippen LogP contribution >= 0.6 is 11.3 Å². The van der Waals surface area contributed by atoms with Crippen LogP contribution < -0.4 is 5.32 Å². The molecular formula is C11H15N5S. The summed E-state index contributed by atoms with van der Waals surface area (Å²) < 4.78 is 2.22. The standard InChI is InChI=1S/C11H15N5S/c1-12-11-15-14-10(17-11)6-16-7-13-8-4-2-3-5-9(8)16/h7H,2-6H2,1H3,(H,12,15). The van der Waals surface area contributed by atoms with E-state index < -0.39 is 0 Å². The molecule has 0 bridgehead atoms. The van der Waals surface area contributed by atoms with Gasteiger partial charge < -0.3 is 9.88 Å². The van der Waals surface area contributed by atoms with Crippen LogP contribution in [-0.4, -0.2) is 26.8 Å². The monoisotopic (exact) mass is 249 g/mol. The lowest BCUT2D eigenvalue weighted by Crippen LogP contribution is -2.08. The van der Waals surface area contributed by atoms with E-state index in [1.54, 1.807) is 11.3 Å². The second kappa shape index (κ2) is 4.44. The van der Waals surface area contributed by atoms with E-state index in [0.717, 1.165) is 29.5 Å². The van der Waals surface area contributed by atoms with Crippen molar-refractivity contribution in [2.75, 3.05) is 12.4 Å². The fraction of sp³-hybridized carbons (Fsp3) is 0.545. The van der Waals surface area contributed by atoms with Crippen molar-refractivity contribution in [3.63, 3.8) is 0 Å². The van der Waals surface area contributed by atoms with Gasteiger partial charge in [-0.05, 0) is 25.7 Å². The number of nitrogens with one attached hydrogen (secondary N) is 1. The molecule has 0 atom stereocenters. The molecule has 0 radical (unpaired) electrons. The lowest BCUT2D eigenvalue weighted by Gasteiger charge is -2.12. The highest BCUT2D eigenvalue weighted by atomic mass is 32.1. The van der Waals surface area contributed by atoms with E-state index in [1.807, 2.05) is 13.4 Å². The van der Waals surface area contributed by atoms with Crippen LogP contribution in [0.4, 0.5) is 5.13 Å². The molecule has 1 N–H and O–H groups in total. The smallest absolute Gasteiger partial charge is 0.205 e. The van der Waals surface area contributed by atoms with Gasteiger partial charge >= 0.3 is 0 Å². The van der Waals surface area contributed by atoms with Crippen molar-refractivity contribution in [2.24, 2.45) is 0 Å². The minimum absolute atomic E-state index is 0.793. The maximum Gasteiger partial charge on any atom is 0.205 e. The van der Waals surface area contributed by atoms with Crippen molar-refractivity contribution >= 4 is 16.5 Å². The molecule has 90 valence electrons. The van der Waals surface area contributed by atoms with Crippen LogP contribution in [0.1, 0.15) is 29.2 Å². The molecule has 0 fully saturated rings. The fourth-order valence-electron chi connectivity index (χ4n) is 2.23. The molecule has 0 amide bonds. The number of aryl methyl sites for hydroxylation is 1. The average molecular weight is 249 g/mol. The number of nitrogens with zero attached hydrogens (tertiary/aromatic N) is 4. The zero-order chi connectivity index (χ0) is 11.7. The molecule has 0 aromatic carbocycles. The van der Waals surface area contributed by atoms with Crippen LogP contribution in [0, 0.1) is 0 Å². The molecule has 6 heteroatoms. The van der Waals surface area contributed by atoms with Crippen LogP contribution in [0.25, 0.3) is 0 Å². The summed E-state index contributed by atoms with van der Waals surface area (Å²) in [6.45, 7) is 0.793. The Labute approximate surface area is 104 Å². The molecule has 1 aliphatic carbocycles. The molecule has 3 rings (SSSR count). The molecule has 0 saturated heterocycles. The van der Waals surface area contributed by atoms with Gasteiger partial charge in [0.25, 0.3) is 0 Å². The lowest BCUT2D eigenvalue weighted by atomic mass is 10.0. The predicted molar refractivity (Wildman–Crippen MR) is 67.4 cm³/mol. The zero-order valence-electron chi connectivity index (χ0n) is 9.81. The van der Waals surface area contributed by atoms with Gasteiger partial charge in [0, 0.05) is 12.7 Å². The summed E-state index contributed by atoms with van der Waals surface area (Å²) in [4.78, 5) is 4.48. The maximum absolute atomic E-state index is 4.48. The lowest BCUT2D eigenvalue weighted by molar-refractivity contribution is 0.626. The number of rotatable bonds is 3. The van der Waals surface area contributed by atoms with Gasteiger partial charge in [0.1, 0.15) is 5.01 Å². The first-order valence-electron chi connectivity index (χ1n) is 5.90. The largest absolute Gasteiger partial charge is 0.363 e. The third kappa shape index (κ3) is 2.04. The van der Waals surface area contributed by atoms with Crippen LogP contribution in [0.5, 0.6) is 0 Å². The number of fused-ring (bicyclic) bond motifs is 1. The Morgan fingerprint density at radius 3 is 3.06 bits per heavy atom. The molecule has 5 nitrogen and oxygen atoms in total. The molecule has 0 spiro atoms. The summed E-state index contributed by atoms with van der Waals surface area (Å²) in [5.74, 6) is 0. The molecule has 2 aromatic rings. The van der Waals surface area contributed by atoms with Crippen LogP contribution in [0.3, 0.4) is 0 Å². The van der Waals surface area contributed by atoms with Crippen molar-refractivity contribution in [1.82, 2.24) is 19.7 Å². The van der Waals surface area contributed by atoms with E-state index in [0.29, 0.717) is 0 Å². The van der Waals surface area contributed by atoms with Gasteiger partial charge in [-0.1, -0.05) is 11.3 Å². The summed E-state index contributed by atoms with van der Waals surface area (Å²) in [5, 5.41) is 13.1. The Kier molecular flexibility index (Phi) is 2.80. The third-order valence-electron chi connectivity index (χ3n) is 3.10. The number of hydrogen-bond acceptors (Lipinski definition) is 5. The van der Waals surface area contributed by atoms with Crippen molar-refractivity contribution in [3.05, 3.63) is 22.7 Å². The van der Waals surface area contributed by atoms with Gasteiger partial charge in [0.15, 0.2) is 0 Å². The summed E-state index contributed by atoms with van der Waals surface area (Å²) in [5.41, 5.74) is 2.66. The van der Waals surface area contributed by atoms with E-state index in [9.17, 15) is 0 Å². The Morgan fingerprint density at radius 2 is 2.24 bits per heavy atom. The van der Waals surface area contributed by atoms with Gasteiger partial charge in [-0.3, -0.25) is 0 Å². The van der Waals surface area contributed by atoms with Crippen LogP contribution in [0.2, 0.25) is 0 Å². The molecule has 1 aliphatic rings. The second-order valence-corrected chi connectivity index (χ2v) is 5.29. The number of aromatic nitrogens is 4. The average Bonchev–Trinajstić information content (AvgIpc) is 2.97. The highest BCUT2D eigenvalue weighted by Crippen LogP contribution is 2.22. The molecule has 2 heterocycles. The van der Waals surface area contributed by atoms with E-state index in [4.69, 9.17) is 0 Å². The van der Waals surface area contributed by atoms with E-state index in [-0.39, 0.29) is 0 Å². The summed E-state index contributed by atoms with van der Waals surface area (Å²) >= 11 is 1.60. The van der Waals surface area contributed by atoms with Gasteiger partial charge in [0.05, 0.1) is 18.6 Å². The molecular weight excluding hydrogens is 234 g/mol. The molecule has 17 heavy (non-hydrogen) atoms. The molecule has 0 saturated carbocycles. The minimum Gasteiger partial charge on any atom is -0.363 e. The molecule has 0 aliphatic heterocycles. The first-order chi connectivity index (χ1) is 8.36. The maximum atomic E-state index is 4.48. The Morgan fingerprint density at radius 1 is 1.35 bits per heavy atom. The van der Waals surface area contributed by atoms with Gasteiger partial charge in [-0.2, -0.15) is 0 Å². The minimum atomic E-state index is 0.793. The highest BCUT2D eigenvalue weighted by molar-refractivity contribution is 7.15. The normalized spacial score (nSPS) is 14.6. The molecule has 2 aromatic heterocycles. The van der Waals surface area contributed by atoms with Crippen molar-refractivity contribution in [1.29, 1.82) is 0 Å². The first kappa shape index (κ1) is 10.7. The van der Waals surface area contributed by atoms with Crippen molar-refractivity contribution < 1.29 is 0 Å². The van der Waals surface area contributed by atoms with Crippen molar-refractivity contribution in [2.45, 2.75) is 32.2 Å². The Hall–Kier alpha value is -1.43. The molecule has 0 unspecified atom stereocenters. The van der Waals surface area contributed by atoms with Gasteiger partial charge in [0.2, 0.25) is 5.13 Å². The fourth-order valence-corrected chi connectivity index (χ4v) is 2.92. The topological polar surface area (TPSA) is 55.6 Å². The van der Waals surface area contributed by atoms with Gasteiger partial charge in [-0.15, -0.1) is 10.2 Å². The van der Waals surface area contributed by atoms with Crippen molar-refractivity contribution in [3.8, 4) is 0 Å². The van der Waals surface area contributed by atoms with E-state index in [2.05, 4.69) is 25.1 Å². The first-order valence-corrected chi connectivity index (χ1v) is 6.71. The van der Waals surface area contributed by atoms with E-state index >= 15 is 0 Å². The van der Waals surface area contributed by atoms with Crippen LogP contribution in [-0.2, 0) is 19.4 Å². The van der Waals surface area contributed by atoms with Gasteiger partial charge in [-0.25, -0.2) is 4.98 Å². The highest BCUT2D eigenvalue weighted by Gasteiger charge is 2.16. The summed E-state index contributed by atoms with van der Waals surface area (Å²) in [6, 6.07) is 0. The Bertz CT molecular complexity index is 516. The summed E-state index contributed by atoms with van der Waals surface area (Å²) in [6.07, 6.45) is 6.76. The Balaban J connectivity index is 1.82. The SMILES string of the molecule is CNc1nnc(Cn2cnc3c2CCCC3)s1. The van der Waals surface area contributed by atoms with Crippen LogP contribution in [0.15, 0.2) is 6.33 Å². The quantitative estimate of drug-likeness (QED) is 0.899. The number of imidazole rings is 1. The second-order valence-electron chi connectivity index (χ2n) is 4.22. The predicted octanol–water partition coefficient (Wildman–Crippen LogP) is 1.70. The third-order valence-corrected chi connectivity index (χ3v) is 4.02. The summed E-state index contributed by atoms with van der Waals surface area (Å²) in [7, 11) is 1.86.